The highest BCUT2D eigenvalue weighted by Crippen LogP contribution is 2.27. The van der Waals surface area contributed by atoms with E-state index in [1.807, 2.05) is 0 Å². The SMILES string of the molecule is [2H]C([2H])([2H])C(O)(c1cnn2c(-c3cccc(-c4ncc(F)cc4F)c3)cnc2n1)C([2H])([2H])[2H]. The topological polar surface area (TPSA) is 76.2 Å². The molecule has 0 amide bonds. The molecule has 1 aromatic carbocycles. The number of benzene rings is 1. The number of imidazole rings is 1. The van der Waals surface area contributed by atoms with Crippen molar-refractivity contribution >= 4 is 5.78 Å². The summed E-state index contributed by atoms with van der Waals surface area (Å²) < 4.78 is 73.7. The summed E-state index contributed by atoms with van der Waals surface area (Å²) >= 11 is 0. The van der Waals surface area contributed by atoms with Crippen molar-refractivity contribution in [3.05, 3.63) is 66.3 Å². The second-order valence-electron chi connectivity index (χ2n) is 5.77. The third-order valence-electron chi connectivity index (χ3n) is 3.85. The first-order valence-electron chi connectivity index (χ1n) is 10.7. The Morgan fingerprint density at radius 1 is 1.07 bits per heavy atom. The first-order chi connectivity index (χ1) is 15.3. The molecule has 0 aliphatic heterocycles. The quantitative estimate of drug-likeness (QED) is 0.596. The van der Waals surface area contributed by atoms with Gasteiger partial charge in [-0.15, -0.1) is 0 Å². The number of pyridine rings is 1. The lowest BCUT2D eigenvalue weighted by molar-refractivity contribution is 0.0734. The van der Waals surface area contributed by atoms with Crippen molar-refractivity contribution in [3.8, 4) is 22.5 Å². The van der Waals surface area contributed by atoms with Gasteiger partial charge in [-0.2, -0.15) is 9.61 Å². The van der Waals surface area contributed by atoms with Crippen LogP contribution in [0.4, 0.5) is 8.78 Å². The fraction of sp³-hybridized carbons (Fsp3) is 0.158. The summed E-state index contributed by atoms with van der Waals surface area (Å²) in [5, 5.41) is 14.6. The number of aromatic nitrogens is 5. The fourth-order valence-corrected chi connectivity index (χ4v) is 2.60. The largest absolute Gasteiger partial charge is 0.384 e. The predicted octanol–water partition coefficient (Wildman–Crippen LogP) is 3.36. The van der Waals surface area contributed by atoms with Crippen LogP contribution < -0.4 is 0 Å². The lowest BCUT2D eigenvalue weighted by atomic mass is 10.1. The maximum Gasteiger partial charge on any atom is 0.251 e. The zero-order valence-electron chi connectivity index (χ0n) is 19.6. The third kappa shape index (κ3) is 3.15. The van der Waals surface area contributed by atoms with Gasteiger partial charge < -0.3 is 5.11 Å². The molecule has 8 heteroatoms. The lowest BCUT2D eigenvalue weighted by Crippen LogP contribution is -2.19. The maximum absolute atomic E-state index is 14.2. The van der Waals surface area contributed by atoms with Gasteiger partial charge in [0.1, 0.15) is 17.1 Å². The molecule has 0 saturated heterocycles. The van der Waals surface area contributed by atoms with Crippen molar-refractivity contribution in [2.24, 2.45) is 0 Å². The van der Waals surface area contributed by atoms with E-state index >= 15 is 0 Å². The minimum Gasteiger partial charge on any atom is -0.384 e. The van der Waals surface area contributed by atoms with Crippen LogP contribution in [0.25, 0.3) is 28.3 Å². The molecule has 0 bridgehead atoms. The normalized spacial score (nSPS) is 16.1. The Hall–Kier alpha value is -3.26. The second kappa shape index (κ2) is 6.17. The average Bonchev–Trinajstić information content (AvgIpc) is 3.15. The van der Waals surface area contributed by atoms with Gasteiger partial charge in [0, 0.05) is 25.4 Å². The molecule has 3 aromatic heterocycles. The van der Waals surface area contributed by atoms with Crippen molar-refractivity contribution in [2.75, 3.05) is 0 Å². The summed E-state index contributed by atoms with van der Waals surface area (Å²) in [5.41, 5.74) is -2.80. The van der Waals surface area contributed by atoms with Gasteiger partial charge in [-0.25, -0.2) is 18.7 Å². The molecular formula is C19H15F2N5O. The zero-order chi connectivity index (χ0) is 24.2. The van der Waals surface area contributed by atoms with Crippen LogP contribution in [0.5, 0.6) is 0 Å². The number of fused-ring (bicyclic) bond motifs is 1. The molecule has 3 heterocycles. The number of rotatable bonds is 3. The van der Waals surface area contributed by atoms with Crippen LogP contribution in [0.3, 0.4) is 0 Å². The van der Waals surface area contributed by atoms with E-state index < -0.39 is 36.6 Å². The molecule has 0 unspecified atom stereocenters. The molecule has 0 radical (unpaired) electrons. The van der Waals surface area contributed by atoms with Gasteiger partial charge >= 0.3 is 0 Å². The molecule has 6 nitrogen and oxygen atoms in total. The van der Waals surface area contributed by atoms with E-state index in [1.54, 1.807) is 24.3 Å². The lowest BCUT2D eigenvalue weighted by Gasteiger charge is -2.15. The van der Waals surface area contributed by atoms with Crippen molar-refractivity contribution in [2.45, 2.75) is 19.3 Å². The van der Waals surface area contributed by atoms with Crippen molar-refractivity contribution in [3.63, 3.8) is 0 Å². The number of halogens is 2. The molecule has 0 spiro atoms. The van der Waals surface area contributed by atoms with E-state index in [0.29, 0.717) is 22.9 Å². The minimum absolute atomic E-state index is 0.0686. The second-order valence-corrected chi connectivity index (χ2v) is 5.77. The highest BCUT2D eigenvalue weighted by Gasteiger charge is 2.20. The first kappa shape index (κ1) is 11.5. The summed E-state index contributed by atoms with van der Waals surface area (Å²) in [5.74, 6) is -1.82. The number of hydrogen-bond donors (Lipinski definition) is 1. The van der Waals surface area contributed by atoms with Gasteiger partial charge in [0.05, 0.1) is 30.0 Å². The van der Waals surface area contributed by atoms with Gasteiger partial charge in [0.2, 0.25) is 0 Å². The molecule has 0 atom stereocenters. The minimum atomic E-state index is -3.32. The highest BCUT2D eigenvalue weighted by atomic mass is 19.1. The predicted molar refractivity (Wildman–Crippen MR) is 94.6 cm³/mol. The van der Waals surface area contributed by atoms with Crippen molar-refractivity contribution in [1.29, 1.82) is 0 Å². The maximum atomic E-state index is 14.2. The first-order valence-corrected chi connectivity index (χ1v) is 7.68. The Morgan fingerprint density at radius 2 is 1.89 bits per heavy atom. The highest BCUT2D eigenvalue weighted by molar-refractivity contribution is 5.70. The fourth-order valence-electron chi connectivity index (χ4n) is 2.60. The number of hydrogen-bond acceptors (Lipinski definition) is 5. The van der Waals surface area contributed by atoms with E-state index in [1.165, 1.54) is 10.7 Å². The molecule has 0 aliphatic rings. The monoisotopic (exact) mass is 373 g/mol. The number of aliphatic hydroxyl groups is 1. The zero-order valence-corrected chi connectivity index (χ0v) is 13.6. The Balaban J connectivity index is 1.81. The summed E-state index contributed by atoms with van der Waals surface area (Å²) in [6.45, 7) is -6.64. The van der Waals surface area contributed by atoms with E-state index in [9.17, 15) is 13.9 Å². The van der Waals surface area contributed by atoms with Crippen LogP contribution in [0.15, 0.2) is 48.9 Å². The van der Waals surface area contributed by atoms with Crippen LogP contribution >= 0.6 is 0 Å². The summed E-state index contributed by atoms with van der Waals surface area (Å²) in [4.78, 5) is 11.8. The molecule has 0 fully saturated rings. The Bertz CT molecular complexity index is 1340. The van der Waals surface area contributed by atoms with Gasteiger partial charge in [0.25, 0.3) is 5.78 Å². The van der Waals surface area contributed by atoms with Crippen LogP contribution in [0.2, 0.25) is 0 Å². The van der Waals surface area contributed by atoms with Gasteiger partial charge in [-0.3, -0.25) is 4.98 Å². The molecule has 4 rings (SSSR count). The Morgan fingerprint density at radius 3 is 2.67 bits per heavy atom. The third-order valence-corrected chi connectivity index (χ3v) is 3.85. The average molecular weight is 373 g/mol. The molecule has 136 valence electrons. The molecule has 0 aliphatic carbocycles. The molecule has 4 aromatic rings. The van der Waals surface area contributed by atoms with E-state index in [-0.39, 0.29) is 11.5 Å². The van der Waals surface area contributed by atoms with Crippen molar-refractivity contribution < 1.29 is 22.1 Å². The van der Waals surface area contributed by atoms with E-state index in [4.69, 9.17) is 8.22 Å². The summed E-state index contributed by atoms with van der Waals surface area (Å²) in [6.07, 6.45) is 3.09. The van der Waals surface area contributed by atoms with Gasteiger partial charge in [-0.05, 0) is 19.8 Å². The van der Waals surface area contributed by atoms with Crippen LogP contribution in [0, 0.1) is 11.6 Å². The van der Waals surface area contributed by atoms with Crippen LogP contribution in [-0.4, -0.2) is 29.7 Å². The summed E-state index contributed by atoms with van der Waals surface area (Å²) in [6, 6.07) is 7.12. The van der Waals surface area contributed by atoms with Crippen molar-refractivity contribution in [1.82, 2.24) is 24.6 Å². The molecular weight excluding hydrogens is 352 g/mol. The Kier molecular flexibility index (Phi) is 2.62. The van der Waals surface area contributed by atoms with E-state index in [0.717, 1.165) is 12.4 Å². The smallest absolute Gasteiger partial charge is 0.251 e. The van der Waals surface area contributed by atoms with E-state index in [2.05, 4.69) is 20.1 Å². The number of nitrogens with zero attached hydrogens (tertiary/aromatic N) is 5. The van der Waals surface area contributed by atoms with Crippen LogP contribution in [0.1, 0.15) is 27.6 Å². The molecule has 27 heavy (non-hydrogen) atoms. The molecule has 0 saturated carbocycles. The standard InChI is InChI=1S/C19H15F2N5O/c1-19(2,27)16-10-24-26-15(9-23-18(26)25-16)11-4-3-5-12(6-11)17-14(21)7-13(20)8-22-17/h3-10,27H,1-2H3/i1D3,2D3. The van der Waals surface area contributed by atoms with Crippen LogP contribution in [-0.2, 0) is 5.60 Å². The molecule has 1 N–H and O–H groups in total. The Labute approximate surface area is 161 Å². The van der Waals surface area contributed by atoms with Gasteiger partial charge in [-0.1, -0.05) is 18.2 Å². The summed E-state index contributed by atoms with van der Waals surface area (Å²) in [7, 11) is 0. The van der Waals surface area contributed by atoms with Gasteiger partial charge in [0.15, 0.2) is 5.82 Å².